The van der Waals surface area contributed by atoms with Crippen LogP contribution in [0, 0.1) is 0 Å². The zero-order valence-electron chi connectivity index (χ0n) is 10.1. The first-order chi connectivity index (χ1) is 8.86. The number of nitrogens with one attached hydrogen (secondary N) is 3. The zero-order valence-corrected chi connectivity index (χ0v) is 10.1. The highest BCUT2D eigenvalue weighted by Crippen LogP contribution is 1.98. The van der Waals surface area contributed by atoms with Crippen molar-refractivity contribution < 1.29 is 24.3 Å². The molecule has 0 unspecified atom stereocenters. The van der Waals surface area contributed by atoms with Crippen LogP contribution in [0.15, 0.2) is 0 Å². The summed E-state index contributed by atoms with van der Waals surface area (Å²) in [6, 6.07) is -1.07. The number of aliphatic carboxylic acids is 1. The lowest BCUT2D eigenvalue weighted by molar-refractivity contribution is -0.138. The molecule has 0 aliphatic heterocycles. The lowest BCUT2D eigenvalue weighted by Crippen LogP contribution is -2.51. The van der Waals surface area contributed by atoms with E-state index in [1.807, 2.05) is 0 Å². The number of carbonyl (C=O) groups excluding carboxylic acids is 3. The molecule has 0 aliphatic carbocycles. The van der Waals surface area contributed by atoms with E-state index in [9.17, 15) is 19.2 Å². The third-order valence-corrected chi connectivity index (χ3v) is 2.00. The van der Waals surface area contributed by atoms with E-state index in [4.69, 9.17) is 16.7 Å². The molecule has 10 heteroatoms. The smallest absolute Gasteiger partial charge is 0.303 e. The Bertz CT molecular complexity index is 359. The summed E-state index contributed by atoms with van der Waals surface area (Å²) in [5.41, 5.74) is 6.94. The van der Waals surface area contributed by atoms with E-state index in [1.165, 1.54) is 0 Å². The van der Waals surface area contributed by atoms with Gasteiger partial charge in [0.2, 0.25) is 17.7 Å². The summed E-state index contributed by atoms with van der Waals surface area (Å²) in [7, 11) is 0. The number of hydrogen-bond acceptors (Lipinski definition) is 6. The number of primary amides is 1. The Labute approximate surface area is 108 Å². The van der Waals surface area contributed by atoms with Gasteiger partial charge in [-0.3, -0.25) is 30.4 Å². The summed E-state index contributed by atoms with van der Waals surface area (Å²) in [5, 5.41) is 13.0. The van der Waals surface area contributed by atoms with Crippen LogP contribution >= 0.6 is 0 Å². The Morgan fingerprint density at radius 3 is 2.26 bits per heavy atom. The molecule has 0 aliphatic rings. The predicted octanol–water partition coefficient (Wildman–Crippen LogP) is -3.60. The molecule has 0 aromatic rings. The van der Waals surface area contributed by atoms with Crippen molar-refractivity contribution in [3.63, 3.8) is 0 Å². The van der Waals surface area contributed by atoms with Crippen molar-refractivity contribution in [1.29, 1.82) is 0 Å². The predicted molar refractivity (Wildman–Crippen MR) is 63.2 cm³/mol. The minimum absolute atomic E-state index is 0.115. The molecule has 0 heterocycles. The normalized spacial score (nSPS) is 11.4. The Morgan fingerprint density at radius 2 is 1.79 bits per heavy atom. The second-order valence-corrected chi connectivity index (χ2v) is 3.62. The third kappa shape index (κ3) is 8.51. The molecule has 0 aromatic carbocycles. The highest BCUT2D eigenvalue weighted by atomic mass is 16.4. The number of hydrazine groups is 1. The molecular weight excluding hydrogens is 258 g/mol. The van der Waals surface area contributed by atoms with Gasteiger partial charge in [0.15, 0.2) is 0 Å². The molecule has 0 radical (unpaired) electrons. The molecule has 19 heavy (non-hydrogen) atoms. The highest BCUT2D eigenvalue weighted by Gasteiger charge is 2.21. The Kier molecular flexibility index (Phi) is 7.81. The fraction of sp³-hybridized carbons (Fsp3) is 0.556. The topological polar surface area (TPSA) is 177 Å². The van der Waals surface area contributed by atoms with Crippen LogP contribution < -0.4 is 27.6 Å². The minimum atomic E-state index is -1.11. The van der Waals surface area contributed by atoms with Crippen molar-refractivity contribution >= 4 is 23.7 Å². The van der Waals surface area contributed by atoms with Crippen LogP contribution in [0.2, 0.25) is 0 Å². The number of carboxylic acid groups (broad SMARTS) is 1. The molecule has 0 spiro atoms. The zero-order chi connectivity index (χ0) is 14.8. The van der Waals surface area contributed by atoms with Crippen molar-refractivity contribution in [2.45, 2.75) is 18.9 Å². The number of carbonyl (C=O) groups is 4. The van der Waals surface area contributed by atoms with Crippen LogP contribution in [0.5, 0.6) is 0 Å². The monoisotopic (exact) mass is 275 g/mol. The number of rotatable bonds is 9. The molecule has 8 N–H and O–H groups in total. The number of nitrogens with two attached hydrogens (primary N) is 2. The molecule has 0 bridgehead atoms. The molecule has 0 aromatic heterocycles. The molecule has 0 saturated carbocycles. The maximum absolute atomic E-state index is 11.6. The molecule has 0 saturated heterocycles. The van der Waals surface area contributed by atoms with Crippen LogP contribution in [-0.2, 0) is 19.2 Å². The second-order valence-electron chi connectivity index (χ2n) is 3.62. The Balaban J connectivity index is 4.46. The fourth-order valence-corrected chi connectivity index (χ4v) is 1.17. The van der Waals surface area contributed by atoms with Gasteiger partial charge in [0.1, 0.15) is 6.04 Å². The minimum Gasteiger partial charge on any atom is -0.481 e. The molecule has 10 nitrogen and oxygen atoms in total. The lowest BCUT2D eigenvalue weighted by atomic mass is 10.1. The van der Waals surface area contributed by atoms with Gasteiger partial charge in [-0.05, 0) is 6.42 Å². The first-order valence-corrected chi connectivity index (χ1v) is 5.37. The van der Waals surface area contributed by atoms with Crippen LogP contribution in [0.3, 0.4) is 0 Å². The highest BCUT2D eigenvalue weighted by molar-refractivity contribution is 5.90. The van der Waals surface area contributed by atoms with Gasteiger partial charge in [0.05, 0.1) is 13.1 Å². The van der Waals surface area contributed by atoms with E-state index >= 15 is 0 Å². The van der Waals surface area contributed by atoms with Crippen LogP contribution in [0.1, 0.15) is 12.8 Å². The van der Waals surface area contributed by atoms with Crippen molar-refractivity contribution in [2.75, 3.05) is 13.1 Å². The summed E-state index contributed by atoms with van der Waals surface area (Å²) in [6.07, 6.45) is -0.429. The third-order valence-electron chi connectivity index (χ3n) is 2.00. The average Bonchev–Trinajstić information content (AvgIpc) is 2.31. The van der Waals surface area contributed by atoms with Gasteiger partial charge in [0, 0.05) is 6.42 Å². The van der Waals surface area contributed by atoms with Crippen molar-refractivity contribution in [3.05, 3.63) is 0 Å². The Hall–Kier alpha value is -2.20. The molecule has 0 rings (SSSR count). The first kappa shape index (κ1) is 16.8. The van der Waals surface area contributed by atoms with Crippen LogP contribution in [-0.4, -0.2) is 47.9 Å². The van der Waals surface area contributed by atoms with E-state index in [1.54, 1.807) is 0 Å². The summed E-state index contributed by atoms with van der Waals surface area (Å²) >= 11 is 0. The van der Waals surface area contributed by atoms with Gasteiger partial charge >= 0.3 is 5.97 Å². The lowest BCUT2D eigenvalue weighted by Gasteiger charge is -2.17. The molecule has 3 amide bonds. The summed E-state index contributed by atoms with van der Waals surface area (Å²) in [5.74, 6) is 1.81. The molecule has 1 atom stereocenters. The van der Waals surface area contributed by atoms with Gasteiger partial charge in [-0.1, -0.05) is 0 Å². The van der Waals surface area contributed by atoms with Gasteiger partial charge < -0.3 is 21.5 Å². The first-order valence-electron chi connectivity index (χ1n) is 5.37. The standard InChI is InChI=1S/C9H17N5O5/c10-6(15)3-12-9(19)5(1-2-8(17)18)14-7(16)4-13-11/h5,13H,1-4,11H2,(H2,10,15)(H,12,19)(H,14,16)(H,17,18)/t5-/m0/s1. The van der Waals surface area contributed by atoms with Gasteiger partial charge in [-0.15, -0.1) is 0 Å². The van der Waals surface area contributed by atoms with Crippen LogP contribution in [0.4, 0.5) is 0 Å². The molecule has 0 fully saturated rings. The molecule has 108 valence electrons. The summed E-state index contributed by atoms with van der Waals surface area (Å²) < 4.78 is 0. The van der Waals surface area contributed by atoms with Gasteiger partial charge in [-0.25, -0.2) is 0 Å². The van der Waals surface area contributed by atoms with Crippen LogP contribution in [0.25, 0.3) is 0 Å². The Morgan fingerprint density at radius 1 is 1.16 bits per heavy atom. The maximum atomic E-state index is 11.6. The van der Waals surface area contributed by atoms with Gasteiger partial charge in [0.25, 0.3) is 0 Å². The molecular formula is C9H17N5O5. The van der Waals surface area contributed by atoms with E-state index in [2.05, 4.69) is 16.1 Å². The maximum Gasteiger partial charge on any atom is 0.303 e. The SMILES string of the molecule is NNCC(=O)N[C@@H](CCC(=O)O)C(=O)NCC(N)=O. The van der Waals surface area contributed by atoms with Gasteiger partial charge in [-0.2, -0.15) is 0 Å². The van der Waals surface area contributed by atoms with Crippen molar-refractivity contribution in [1.82, 2.24) is 16.1 Å². The van der Waals surface area contributed by atoms with E-state index in [0.29, 0.717) is 0 Å². The number of amides is 3. The number of carboxylic acids is 1. The quantitative estimate of drug-likeness (QED) is 0.186. The number of hydrogen-bond donors (Lipinski definition) is 6. The summed E-state index contributed by atoms with van der Waals surface area (Å²) in [6.45, 7) is -0.625. The average molecular weight is 275 g/mol. The van der Waals surface area contributed by atoms with E-state index < -0.39 is 36.3 Å². The second kappa shape index (κ2) is 8.83. The van der Waals surface area contributed by atoms with E-state index in [0.717, 1.165) is 0 Å². The fourth-order valence-electron chi connectivity index (χ4n) is 1.17. The van der Waals surface area contributed by atoms with E-state index in [-0.39, 0.29) is 19.4 Å². The van der Waals surface area contributed by atoms with Crippen molar-refractivity contribution in [3.8, 4) is 0 Å². The summed E-state index contributed by atoms with van der Waals surface area (Å²) in [4.78, 5) is 43.9. The largest absolute Gasteiger partial charge is 0.481 e. The van der Waals surface area contributed by atoms with Crippen molar-refractivity contribution in [2.24, 2.45) is 11.6 Å².